The summed E-state index contributed by atoms with van der Waals surface area (Å²) in [5.41, 5.74) is 2.23. The summed E-state index contributed by atoms with van der Waals surface area (Å²) in [7, 11) is 1.95. The second-order valence-corrected chi connectivity index (χ2v) is 4.40. The second-order valence-electron chi connectivity index (χ2n) is 4.40. The van der Waals surface area contributed by atoms with Gasteiger partial charge in [0.25, 0.3) is 0 Å². The Balaban J connectivity index is 2.49. The van der Waals surface area contributed by atoms with Crippen molar-refractivity contribution in [2.75, 3.05) is 11.9 Å². The summed E-state index contributed by atoms with van der Waals surface area (Å²) in [4.78, 5) is 0. The van der Waals surface area contributed by atoms with Crippen LogP contribution >= 0.6 is 0 Å². The van der Waals surface area contributed by atoms with Crippen LogP contribution in [0.5, 0.6) is 0 Å². The highest BCUT2D eigenvalue weighted by atomic mass is 15.3. The Morgan fingerprint density at radius 3 is 2.50 bits per heavy atom. The van der Waals surface area contributed by atoms with Crippen LogP contribution in [0.2, 0.25) is 0 Å². The average molecular weight is 195 g/mol. The van der Waals surface area contributed by atoms with E-state index < -0.39 is 0 Å². The van der Waals surface area contributed by atoms with Crippen molar-refractivity contribution >= 4 is 5.69 Å². The first kappa shape index (κ1) is 11.1. The van der Waals surface area contributed by atoms with Crippen molar-refractivity contribution in [2.45, 2.75) is 27.7 Å². The molecule has 0 radical (unpaired) electrons. The number of nitrogens with zero attached hydrogens (tertiary/aromatic N) is 2. The van der Waals surface area contributed by atoms with E-state index in [1.165, 1.54) is 0 Å². The zero-order chi connectivity index (χ0) is 10.7. The van der Waals surface area contributed by atoms with Gasteiger partial charge in [0.05, 0.1) is 11.4 Å². The SMILES string of the molecule is Cc1nn(C)cc1NCC(C)C(C)C. The number of aryl methyl sites for hydroxylation is 2. The Kier molecular flexibility index (Phi) is 3.55. The van der Waals surface area contributed by atoms with Gasteiger partial charge in [0, 0.05) is 19.8 Å². The fraction of sp³-hybridized carbons (Fsp3) is 0.727. The number of hydrogen-bond acceptors (Lipinski definition) is 2. The molecular weight excluding hydrogens is 174 g/mol. The summed E-state index contributed by atoms with van der Waals surface area (Å²) in [6.07, 6.45) is 2.03. The van der Waals surface area contributed by atoms with Crippen LogP contribution in [0.1, 0.15) is 26.5 Å². The first-order chi connectivity index (χ1) is 6.50. The minimum absolute atomic E-state index is 0.689. The molecule has 0 fully saturated rings. The minimum atomic E-state index is 0.689. The second kappa shape index (κ2) is 4.49. The zero-order valence-corrected chi connectivity index (χ0v) is 9.83. The molecule has 0 aliphatic carbocycles. The molecular formula is C11H21N3. The predicted molar refractivity (Wildman–Crippen MR) is 60.4 cm³/mol. The van der Waals surface area contributed by atoms with Crippen molar-refractivity contribution in [3.8, 4) is 0 Å². The summed E-state index contributed by atoms with van der Waals surface area (Å²) >= 11 is 0. The standard InChI is InChI=1S/C11H21N3/c1-8(2)9(3)6-12-11-7-14(5)13-10(11)4/h7-9,12H,6H2,1-5H3. The maximum atomic E-state index is 4.29. The van der Waals surface area contributed by atoms with Gasteiger partial charge in [-0.05, 0) is 18.8 Å². The van der Waals surface area contributed by atoms with Crippen molar-refractivity contribution in [3.63, 3.8) is 0 Å². The molecule has 1 atom stereocenters. The quantitative estimate of drug-likeness (QED) is 0.799. The van der Waals surface area contributed by atoms with E-state index in [0.29, 0.717) is 5.92 Å². The Morgan fingerprint density at radius 2 is 2.07 bits per heavy atom. The third-order valence-electron chi connectivity index (χ3n) is 2.77. The Hall–Kier alpha value is -0.990. The lowest BCUT2D eigenvalue weighted by Crippen LogP contribution is -2.16. The maximum Gasteiger partial charge on any atom is 0.0824 e. The Bertz CT molecular complexity index is 289. The average Bonchev–Trinajstić information content (AvgIpc) is 2.40. The molecule has 1 aromatic rings. The summed E-state index contributed by atoms with van der Waals surface area (Å²) in [6.45, 7) is 9.82. The van der Waals surface area contributed by atoms with E-state index in [0.717, 1.165) is 23.8 Å². The smallest absolute Gasteiger partial charge is 0.0824 e. The van der Waals surface area contributed by atoms with E-state index in [9.17, 15) is 0 Å². The predicted octanol–water partition coefficient (Wildman–Crippen LogP) is 2.43. The molecule has 0 saturated carbocycles. The van der Waals surface area contributed by atoms with Gasteiger partial charge in [-0.25, -0.2) is 0 Å². The molecule has 3 heteroatoms. The molecule has 14 heavy (non-hydrogen) atoms. The van der Waals surface area contributed by atoms with E-state index in [2.05, 4.69) is 31.2 Å². The van der Waals surface area contributed by atoms with Crippen molar-refractivity contribution in [1.29, 1.82) is 0 Å². The lowest BCUT2D eigenvalue weighted by molar-refractivity contribution is 0.439. The van der Waals surface area contributed by atoms with Crippen molar-refractivity contribution < 1.29 is 0 Å². The largest absolute Gasteiger partial charge is 0.382 e. The normalized spacial score (nSPS) is 13.3. The van der Waals surface area contributed by atoms with Crippen LogP contribution in [-0.4, -0.2) is 16.3 Å². The molecule has 0 aliphatic rings. The van der Waals surface area contributed by atoms with Crippen LogP contribution in [0, 0.1) is 18.8 Å². The maximum absolute atomic E-state index is 4.29. The van der Waals surface area contributed by atoms with Crippen LogP contribution < -0.4 is 5.32 Å². The van der Waals surface area contributed by atoms with E-state index >= 15 is 0 Å². The van der Waals surface area contributed by atoms with Gasteiger partial charge in [-0.1, -0.05) is 20.8 Å². The summed E-state index contributed by atoms with van der Waals surface area (Å²) in [5.74, 6) is 1.41. The van der Waals surface area contributed by atoms with Crippen LogP contribution in [0.25, 0.3) is 0 Å². The van der Waals surface area contributed by atoms with Gasteiger partial charge in [-0.15, -0.1) is 0 Å². The van der Waals surface area contributed by atoms with E-state index in [1.54, 1.807) is 0 Å². The van der Waals surface area contributed by atoms with E-state index in [4.69, 9.17) is 0 Å². The molecule has 1 unspecified atom stereocenters. The minimum Gasteiger partial charge on any atom is -0.382 e. The van der Waals surface area contributed by atoms with E-state index in [1.807, 2.05) is 24.9 Å². The van der Waals surface area contributed by atoms with Crippen molar-refractivity contribution in [3.05, 3.63) is 11.9 Å². The molecule has 0 bridgehead atoms. The molecule has 0 spiro atoms. The fourth-order valence-electron chi connectivity index (χ4n) is 1.28. The van der Waals surface area contributed by atoms with Crippen LogP contribution in [0.15, 0.2) is 6.20 Å². The summed E-state index contributed by atoms with van der Waals surface area (Å²) < 4.78 is 1.84. The Labute approximate surface area is 86.5 Å². The van der Waals surface area contributed by atoms with Gasteiger partial charge in [-0.3, -0.25) is 4.68 Å². The van der Waals surface area contributed by atoms with Gasteiger partial charge >= 0.3 is 0 Å². The molecule has 0 aliphatic heterocycles. The summed E-state index contributed by atoms with van der Waals surface area (Å²) in [6, 6.07) is 0. The first-order valence-electron chi connectivity index (χ1n) is 5.24. The number of anilines is 1. The van der Waals surface area contributed by atoms with Crippen molar-refractivity contribution in [1.82, 2.24) is 9.78 Å². The molecule has 1 N–H and O–H groups in total. The highest BCUT2D eigenvalue weighted by Crippen LogP contribution is 2.14. The van der Waals surface area contributed by atoms with Crippen LogP contribution in [0.3, 0.4) is 0 Å². The lowest BCUT2D eigenvalue weighted by atomic mass is 9.98. The molecule has 0 aromatic carbocycles. The summed E-state index contributed by atoms with van der Waals surface area (Å²) in [5, 5.41) is 7.72. The molecule has 1 rings (SSSR count). The highest BCUT2D eigenvalue weighted by molar-refractivity contribution is 5.45. The van der Waals surface area contributed by atoms with Gasteiger partial charge in [0.15, 0.2) is 0 Å². The molecule has 3 nitrogen and oxygen atoms in total. The van der Waals surface area contributed by atoms with Crippen LogP contribution in [-0.2, 0) is 7.05 Å². The molecule has 0 amide bonds. The number of rotatable bonds is 4. The van der Waals surface area contributed by atoms with Crippen LogP contribution in [0.4, 0.5) is 5.69 Å². The Morgan fingerprint density at radius 1 is 1.43 bits per heavy atom. The fourth-order valence-corrected chi connectivity index (χ4v) is 1.28. The highest BCUT2D eigenvalue weighted by Gasteiger charge is 2.08. The first-order valence-corrected chi connectivity index (χ1v) is 5.24. The zero-order valence-electron chi connectivity index (χ0n) is 9.83. The third kappa shape index (κ3) is 2.76. The monoisotopic (exact) mass is 195 g/mol. The molecule has 80 valence electrons. The topological polar surface area (TPSA) is 29.9 Å². The molecule has 1 aromatic heterocycles. The number of nitrogens with one attached hydrogen (secondary N) is 1. The van der Waals surface area contributed by atoms with Crippen molar-refractivity contribution in [2.24, 2.45) is 18.9 Å². The van der Waals surface area contributed by atoms with Gasteiger partial charge < -0.3 is 5.32 Å². The van der Waals surface area contributed by atoms with E-state index in [-0.39, 0.29) is 0 Å². The number of hydrogen-bond donors (Lipinski definition) is 1. The van der Waals surface area contributed by atoms with Gasteiger partial charge in [0.1, 0.15) is 0 Å². The molecule has 0 saturated heterocycles. The van der Waals surface area contributed by atoms with Gasteiger partial charge in [-0.2, -0.15) is 5.10 Å². The third-order valence-corrected chi connectivity index (χ3v) is 2.77. The van der Waals surface area contributed by atoms with Gasteiger partial charge in [0.2, 0.25) is 0 Å². The lowest BCUT2D eigenvalue weighted by Gasteiger charge is -2.16. The molecule has 1 heterocycles. The number of aromatic nitrogens is 2.